The van der Waals surface area contributed by atoms with E-state index in [1.165, 1.54) is 30.5 Å². The van der Waals surface area contributed by atoms with Crippen LogP contribution in [0.4, 0.5) is 27.8 Å². The molecule has 2 aliphatic heterocycles. The largest absolute Gasteiger partial charge is 0.508 e. The molecule has 0 bridgehead atoms. The summed E-state index contributed by atoms with van der Waals surface area (Å²) in [4.78, 5) is 18.1. The second-order valence-corrected chi connectivity index (χ2v) is 14.3. The third-order valence-corrected chi connectivity index (χ3v) is 10.8. The van der Waals surface area contributed by atoms with Gasteiger partial charge in [0.1, 0.15) is 28.6 Å². The molecule has 2 aromatic heterocycles. The first kappa shape index (κ1) is 35.1. The molecule has 4 heterocycles. The van der Waals surface area contributed by atoms with Crippen LogP contribution in [0.15, 0.2) is 30.5 Å². The number of alkyl halides is 3. The highest BCUT2D eigenvalue weighted by molar-refractivity contribution is 6.03. The molecule has 4 aromatic rings. The van der Waals surface area contributed by atoms with E-state index in [2.05, 4.69) is 44.9 Å². The highest BCUT2D eigenvalue weighted by Gasteiger charge is 2.47. The Hall–Kier alpha value is -4.28. The van der Waals surface area contributed by atoms with Crippen LogP contribution in [-0.2, 0) is 0 Å². The Morgan fingerprint density at radius 1 is 1.06 bits per heavy atom. The van der Waals surface area contributed by atoms with Crippen LogP contribution in [0.3, 0.4) is 0 Å². The smallest absolute Gasteiger partial charge is 0.391 e. The van der Waals surface area contributed by atoms with Crippen molar-refractivity contribution in [3.63, 3.8) is 0 Å². The molecule has 0 amide bonds. The molecule has 1 aliphatic carbocycles. The van der Waals surface area contributed by atoms with Crippen LogP contribution in [0.25, 0.3) is 32.9 Å². The minimum absolute atomic E-state index is 0.0219. The third-order valence-electron chi connectivity index (χ3n) is 10.8. The van der Waals surface area contributed by atoms with Crippen LogP contribution >= 0.6 is 0 Å². The predicted octanol–water partition coefficient (Wildman–Crippen LogP) is 7.21. The summed E-state index contributed by atoms with van der Waals surface area (Å²) in [5.74, 6) is -0.0648. The van der Waals surface area contributed by atoms with E-state index in [9.17, 15) is 22.7 Å². The van der Waals surface area contributed by atoms with E-state index in [1.54, 1.807) is 0 Å². The van der Waals surface area contributed by atoms with E-state index in [1.807, 2.05) is 0 Å². The van der Waals surface area contributed by atoms with Gasteiger partial charge in [-0.15, -0.1) is 6.42 Å². The number of phenols is 1. The van der Waals surface area contributed by atoms with Crippen molar-refractivity contribution >= 4 is 27.5 Å². The van der Waals surface area contributed by atoms with E-state index < -0.39 is 23.7 Å². The fraction of sp³-hybridized carbons (Fsp3) is 0.500. The van der Waals surface area contributed by atoms with Gasteiger partial charge in [-0.05, 0) is 75.2 Å². The molecule has 0 spiro atoms. The van der Waals surface area contributed by atoms with Crippen molar-refractivity contribution in [1.29, 1.82) is 0 Å². The first-order valence-electron chi connectivity index (χ1n) is 17.6. The Morgan fingerprint density at radius 2 is 1.76 bits per heavy atom. The fourth-order valence-electron chi connectivity index (χ4n) is 7.62. The number of benzene rings is 2. The normalized spacial score (nSPS) is 21.3. The number of likely N-dealkylation sites (tertiary alicyclic amines) is 1. The lowest BCUT2D eigenvalue weighted by atomic mass is 9.95. The van der Waals surface area contributed by atoms with Gasteiger partial charge in [-0.2, -0.15) is 23.1 Å². The molecule has 2 N–H and O–H groups in total. The van der Waals surface area contributed by atoms with Crippen molar-refractivity contribution in [3.8, 4) is 35.4 Å². The Bertz CT molecular complexity index is 1970. The standard InChI is InChI=1S/C38H41F5N6O2/c1-4-24-18-49(19-25(5-2)45-24)35-29-17-44-33(28-16-26(50)15-22-7-8-30(39)27(6-3)31(22)28)32(40)34(29)46-36(47-35)51-21-37(11-12-37)20-48-13-9-23(10-14-48)38(41,42)43/h3,7-8,15-17,23-25,45,50H,4-5,9-14,18-21H2,1-2H3. The SMILES string of the molecule is C#Cc1c(F)ccc2cc(O)cc(-c3ncc4c(N5CC(CC)NC(CC)C5)nc(OCC5(CN6CCC(C(F)(F)F)CC6)CC5)nc4c3F)c12. The number of rotatable bonds is 9. The monoisotopic (exact) mass is 708 g/mol. The van der Waals surface area contributed by atoms with Gasteiger partial charge in [-0.25, -0.2) is 8.78 Å². The maximum atomic E-state index is 16.9. The van der Waals surface area contributed by atoms with Crippen molar-refractivity contribution < 1.29 is 31.8 Å². The number of nitrogens with one attached hydrogen (secondary N) is 1. The number of hydrogen-bond donors (Lipinski definition) is 2. The second kappa shape index (κ2) is 13.7. The number of phenolic OH excluding ortho intramolecular Hbond substituents is 1. The number of ether oxygens (including phenoxy) is 1. The first-order valence-corrected chi connectivity index (χ1v) is 17.6. The molecule has 13 heteroatoms. The van der Waals surface area contributed by atoms with Crippen LogP contribution in [-0.4, -0.2) is 82.5 Å². The van der Waals surface area contributed by atoms with E-state index in [4.69, 9.17) is 16.1 Å². The van der Waals surface area contributed by atoms with Crippen LogP contribution in [0, 0.1) is 35.3 Å². The average Bonchev–Trinajstić information content (AvgIpc) is 3.89. The van der Waals surface area contributed by atoms with Gasteiger partial charge in [0.15, 0.2) is 5.82 Å². The lowest BCUT2D eigenvalue weighted by molar-refractivity contribution is -0.185. The number of terminal acetylenes is 1. The Morgan fingerprint density at radius 3 is 2.39 bits per heavy atom. The number of aromatic nitrogens is 3. The van der Waals surface area contributed by atoms with Crippen molar-refractivity contribution in [2.75, 3.05) is 44.2 Å². The summed E-state index contributed by atoms with van der Waals surface area (Å²) in [5, 5.41) is 15.3. The lowest BCUT2D eigenvalue weighted by Crippen LogP contribution is -2.56. The zero-order chi connectivity index (χ0) is 36.1. The molecule has 8 nitrogen and oxygen atoms in total. The van der Waals surface area contributed by atoms with E-state index >= 15 is 4.39 Å². The van der Waals surface area contributed by atoms with Gasteiger partial charge in [0.05, 0.1) is 23.5 Å². The third kappa shape index (κ3) is 7.00. The average molecular weight is 709 g/mol. The summed E-state index contributed by atoms with van der Waals surface area (Å²) < 4.78 is 77.8. The molecule has 2 saturated heterocycles. The van der Waals surface area contributed by atoms with Crippen molar-refractivity contribution in [1.82, 2.24) is 25.2 Å². The van der Waals surface area contributed by atoms with Gasteiger partial charge in [0, 0.05) is 54.3 Å². The summed E-state index contributed by atoms with van der Waals surface area (Å²) in [5.41, 5.74) is -0.429. The molecule has 51 heavy (non-hydrogen) atoms. The number of anilines is 1. The van der Waals surface area contributed by atoms with E-state index in [0.717, 1.165) is 25.7 Å². The topological polar surface area (TPSA) is 86.6 Å². The lowest BCUT2D eigenvalue weighted by Gasteiger charge is -2.39. The summed E-state index contributed by atoms with van der Waals surface area (Å²) >= 11 is 0. The number of fused-ring (bicyclic) bond motifs is 2. The molecule has 7 rings (SSSR count). The number of aromatic hydroxyl groups is 1. The van der Waals surface area contributed by atoms with Crippen molar-refractivity contribution in [2.45, 2.75) is 70.6 Å². The minimum Gasteiger partial charge on any atom is -0.508 e. The number of nitrogens with zero attached hydrogens (tertiary/aromatic N) is 5. The van der Waals surface area contributed by atoms with Gasteiger partial charge >= 0.3 is 12.2 Å². The highest BCUT2D eigenvalue weighted by Crippen LogP contribution is 2.48. The van der Waals surface area contributed by atoms with Crippen molar-refractivity contribution in [2.24, 2.45) is 11.3 Å². The number of piperazine rings is 1. The Kier molecular flexibility index (Phi) is 9.43. The molecule has 2 atom stereocenters. The highest BCUT2D eigenvalue weighted by atomic mass is 19.4. The fourth-order valence-corrected chi connectivity index (χ4v) is 7.62. The van der Waals surface area contributed by atoms with E-state index in [0.29, 0.717) is 49.3 Å². The molecule has 270 valence electrons. The van der Waals surface area contributed by atoms with Crippen LogP contribution in [0.1, 0.15) is 57.9 Å². The summed E-state index contributed by atoms with van der Waals surface area (Å²) in [6.07, 6.45) is 6.62. The zero-order valence-electron chi connectivity index (χ0n) is 28.7. The molecule has 3 aliphatic rings. The molecule has 1 saturated carbocycles. The minimum atomic E-state index is -4.17. The molecule has 0 radical (unpaired) electrons. The summed E-state index contributed by atoms with van der Waals surface area (Å²) in [6, 6.07) is 5.71. The van der Waals surface area contributed by atoms with Gasteiger partial charge in [-0.3, -0.25) is 4.98 Å². The molecule has 2 unspecified atom stereocenters. The quantitative estimate of drug-likeness (QED) is 0.140. The number of halogens is 5. The van der Waals surface area contributed by atoms with Gasteiger partial charge in [0.25, 0.3) is 0 Å². The molecule has 2 aromatic carbocycles. The van der Waals surface area contributed by atoms with Crippen molar-refractivity contribution in [3.05, 3.63) is 47.7 Å². The summed E-state index contributed by atoms with van der Waals surface area (Å²) in [7, 11) is 0. The number of pyridine rings is 1. The predicted molar refractivity (Wildman–Crippen MR) is 186 cm³/mol. The maximum Gasteiger partial charge on any atom is 0.391 e. The molecule has 3 fully saturated rings. The van der Waals surface area contributed by atoms with Gasteiger partial charge in [0.2, 0.25) is 0 Å². The van der Waals surface area contributed by atoms with Gasteiger partial charge in [-0.1, -0.05) is 25.8 Å². The molecular weight excluding hydrogens is 667 g/mol. The van der Waals surface area contributed by atoms with E-state index in [-0.39, 0.29) is 76.4 Å². The maximum absolute atomic E-state index is 16.9. The second-order valence-electron chi connectivity index (χ2n) is 14.3. The van der Waals surface area contributed by atoms with Gasteiger partial charge < -0.3 is 25.0 Å². The number of piperidine rings is 1. The first-order chi connectivity index (χ1) is 24.4. The molecular formula is C38H41F5N6O2. The zero-order valence-corrected chi connectivity index (χ0v) is 28.7. The Labute approximate surface area is 293 Å². The van der Waals surface area contributed by atoms with Crippen LogP contribution < -0.4 is 15.0 Å². The van der Waals surface area contributed by atoms with Crippen LogP contribution in [0.2, 0.25) is 0 Å². The summed E-state index contributed by atoms with van der Waals surface area (Å²) in [6.45, 7) is 7.01. The Balaban J connectivity index is 1.26. The van der Waals surface area contributed by atoms with Crippen LogP contribution in [0.5, 0.6) is 11.8 Å². The number of hydrogen-bond acceptors (Lipinski definition) is 8.